The minimum atomic E-state index is -0.940. The number of hydrogen-bond donors (Lipinski definition) is 5. The summed E-state index contributed by atoms with van der Waals surface area (Å²) in [5.41, 5.74) is 10.9. The average molecular weight is 494 g/mol. The molecule has 0 radical (unpaired) electrons. The predicted molar refractivity (Wildman–Crippen MR) is 112 cm³/mol. The largest absolute Gasteiger partial charge is 1.00 e. The number of amides is 4. The second-order valence-corrected chi connectivity index (χ2v) is 8.53. The number of hydrogen-bond acceptors (Lipinski definition) is 11. The fourth-order valence-corrected chi connectivity index (χ4v) is 5.20. The van der Waals surface area contributed by atoms with Gasteiger partial charge in [0.05, 0.1) is 0 Å². The molecule has 3 heterocycles. The Morgan fingerprint density at radius 3 is 2.74 bits per heavy atom. The topological polar surface area (TPSA) is 199 Å². The molecular formula is C15H16N7NaO5S3. The number of nitrogens with zero attached hydrogens (tertiary/aromatic N) is 3. The number of nitrogen functional groups attached to an aromatic ring is 1. The summed E-state index contributed by atoms with van der Waals surface area (Å²) >= 11 is 7.17. The first-order valence-electron chi connectivity index (χ1n) is 8.40. The molecule has 3 rings (SSSR count). The fourth-order valence-electron chi connectivity index (χ4n) is 3.02. The Labute approximate surface area is 211 Å². The van der Waals surface area contributed by atoms with Crippen molar-refractivity contribution in [2.45, 2.75) is 17.8 Å². The van der Waals surface area contributed by atoms with Crippen molar-refractivity contribution in [3.8, 4) is 0 Å². The molecule has 16 heteroatoms. The van der Waals surface area contributed by atoms with Crippen molar-refractivity contribution in [1.29, 1.82) is 0 Å². The minimum Gasteiger partial charge on any atom is -0.863 e. The van der Waals surface area contributed by atoms with Crippen LogP contribution >= 0.6 is 35.3 Å². The van der Waals surface area contributed by atoms with E-state index >= 15 is 0 Å². The molecule has 0 spiro atoms. The number of carbonyl (C=O) groups is 3. The third kappa shape index (κ3) is 5.30. The molecule has 2 atom stereocenters. The monoisotopic (exact) mass is 493 g/mol. The van der Waals surface area contributed by atoms with E-state index in [4.69, 9.17) is 23.7 Å². The standard InChI is InChI=1S/C15H17N7O5S3.Na/c16-14(26)18-2-1-5-3-29-12-8(11(24)22(12)9(5)13(25)28)20-10(23)7(21-27)6-4-30-15(17)19-6;/h4,8,12,27H,1-3H2,(H2,17,19)(H,20,23)(H,25,28)(H3,16,18,26);/q;+1/p-1/b21-7-;/t8?,12-;/m1./s1. The van der Waals surface area contributed by atoms with Gasteiger partial charge >= 0.3 is 35.6 Å². The summed E-state index contributed by atoms with van der Waals surface area (Å²) in [6.07, 6.45) is 0.299. The summed E-state index contributed by atoms with van der Waals surface area (Å²) in [6, 6.07) is -1.64. The van der Waals surface area contributed by atoms with Crippen molar-refractivity contribution in [3.05, 3.63) is 22.3 Å². The van der Waals surface area contributed by atoms with E-state index in [-0.39, 0.29) is 58.3 Å². The van der Waals surface area contributed by atoms with E-state index in [1.165, 1.54) is 22.0 Å². The van der Waals surface area contributed by atoms with Crippen LogP contribution in [0.25, 0.3) is 0 Å². The van der Waals surface area contributed by atoms with E-state index in [9.17, 15) is 24.7 Å². The maximum absolute atomic E-state index is 12.7. The molecule has 31 heavy (non-hydrogen) atoms. The minimum absolute atomic E-state index is 0. The zero-order valence-electron chi connectivity index (χ0n) is 16.2. The molecule has 2 aliphatic heterocycles. The maximum atomic E-state index is 12.7. The Kier molecular flexibility index (Phi) is 8.67. The first kappa shape index (κ1) is 25.4. The summed E-state index contributed by atoms with van der Waals surface area (Å²) in [4.78, 5) is 41.1. The number of thiocarbonyl (C=S) groups is 1. The fraction of sp³-hybridized carbons (Fsp3) is 0.333. The van der Waals surface area contributed by atoms with E-state index in [1.807, 2.05) is 0 Å². The number of fused-ring (bicyclic) bond motifs is 1. The molecular weight excluding hydrogens is 477 g/mol. The van der Waals surface area contributed by atoms with Crippen molar-refractivity contribution in [2.75, 3.05) is 18.0 Å². The van der Waals surface area contributed by atoms with Gasteiger partial charge in [0.15, 0.2) is 10.8 Å². The number of β-lactam (4-membered cyclic amide) rings is 1. The number of nitrogens with two attached hydrogens (primary N) is 2. The molecule has 1 aromatic rings. The maximum Gasteiger partial charge on any atom is 1.00 e. The van der Waals surface area contributed by atoms with Crippen LogP contribution in [0.3, 0.4) is 0 Å². The number of carbonyl (C=O) groups excluding carboxylic acids is 3. The van der Waals surface area contributed by atoms with E-state index in [0.717, 1.165) is 11.3 Å². The second-order valence-electron chi connectivity index (χ2n) is 6.16. The zero-order valence-corrected chi connectivity index (χ0v) is 20.6. The Morgan fingerprint density at radius 1 is 1.48 bits per heavy atom. The third-order valence-electron chi connectivity index (χ3n) is 4.33. The van der Waals surface area contributed by atoms with Gasteiger partial charge in [0.1, 0.15) is 17.1 Å². The van der Waals surface area contributed by atoms with Gasteiger partial charge in [0, 0.05) is 23.4 Å². The van der Waals surface area contributed by atoms with Gasteiger partial charge < -0.3 is 32.4 Å². The van der Waals surface area contributed by atoms with Crippen molar-refractivity contribution in [1.82, 2.24) is 20.5 Å². The molecule has 2 aliphatic rings. The van der Waals surface area contributed by atoms with Crippen LogP contribution in [-0.4, -0.2) is 67.4 Å². The summed E-state index contributed by atoms with van der Waals surface area (Å²) in [5, 5.41) is 29.4. The van der Waals surface area contributed by atoms with Crippen molar-refractivity contribution in [3.63, 3.8) is 0 Å². The van der Waals surface area contributed by atoms with E-state index in [1.54, 1.807) is 0 Å². The molecule has 12 nitrogen and oxygen atoms in total. The van der Waals surface area contributed by atoms with Crippen LogP contribution in [0.5, 0.6) is 0 Å². The van der Waals surface area contributed by atoms with Gasteiger partial charge in [-0.2, -0.15) is 0 Å². The first-order chi connectivity index (χ1) is 14.2. The van der Waals surface area contributed by atoms with E-state index in [0.29, 0.717) is 17.7 Å². The summed E-state index contributed by atoms with van der Waals surface area (Å²) in [7, 11) is 0. The van der Waals surface area contributed by atoms with Gasteiger partial charge in [-0.1, -0.05) is 17.4 Å². The van der Waals surface area contributed by atoms with Gasteiger partial charge in [-0.3, -0.25) is 14.5 Å². The van der Waals surface area contributed by atoms with Crippen LogP contribution < -0.4 is 56.8 Å². The number of aromatic nitrogens is 1. The smallest absolute Gasteiger partial charge is 0.863 e. The van der Waals surface area contributed by atoms with Crippen LogP contribution in [0.2, 0.25) is 0 Å². The first-order valence-corrected chi connectivity index (χ1v) is 10.7. The summed E-state index contributed by atoms with van der Waals surface area (Å²) in [6.45, 7) is 0.192. The molecule has 1 saturated heterocycles. The normalized spacial score (nSPS) is 20.3. The molecule has 0 aliphatic carbocycles. The third-order valence-corrected chi connectivity index (χ3v) is 6.54. The molecule has 160 valence electrons. The Bertz CT molecular complexity index is 982. The SMILES string of the molecule is NC(=O)NCCC1=C(C([O-])=S)N2C(=O)C(NC(=O)/C(=N\O)c3csc(N)n3)[C@H]2SC1.[Na+]. The van der Waals surface area contributed by atoms with E-state index < -0.39 is 34.3 Å². The molecule has 0 bridgehead atoms. The number of rotatable bonds is 7. The molecule has 1 unspecified atom stereocenters. The van der Waals surface area contributed by atoms with Crippen molar-refractivity contribution < 1.29 is 54.3 Å². The van der Waals surface area contributed by atoms with Crippen LogP contribution in [0.15, 0.2) is 21.8 Å². The number of anilines is 1. The van der Waals surface area contributed by atoms with E-state index in [2.05, 4.69) is 20.8 Å². The Balaban J connectivity index is 0.00000341. The van der Waals surface area contributed by atoms with Gasteiger partial charge in [-0.25, -0.2) is 9.78 Å². The van der Waals surface area contributed by atoms with Gasteiger partial charge in [-0.05, 0) is 17.0 Å². The molecule has 1 aromatic heterocycles. The van der Waals surface area contributed by atoms with Crippen LogP contribution in [0, 0.1) is 0 Å². The molecule has 7 N–H and O–H groups in total. The molecule has 1 fully saturated rings. The Morgan fingerprint density at radius 2 is 2.19 bits per heavy atom. The van der Waals surface area contributed by atoms with Gasteiger partial charge in [-0.15, -0.1) is 23.1 Å². The van der Waals surface area contributed by atoms with Gasteiger partial charge in [0.25, 0.3) is 11.8 Å². The quantitative estimate of drug-likeness (QED) is 0.0618. The van der Waals surface area contributed by atoms with Gasteiger partial charge in [0.2, 0.25) is 0 Å². The van der Waals surface area contributed by atoms with Crippen LogP contribution in [0.4, 0.5) is 9.93 Å². The van der Waals surface area contributed by atoms with Crippen molar-refractivity contribution >= 4 is 69.1 Å². The molecule has 4 amide bonds. The zero-order chi connectivity index (χ0) is 22.0. The molecule has 0 saturated carbocycles. The number of thiazole rings is 1. The predicted octanol–water partition coefficient (Wildman–Crippen LogP) is -4.69. The Hall–Kier alpha value is -1.91. The number of urea groups is 1. The van der Waals surface area contributed by atoms with Crippen molar-refractivity contribution in [2.24, 2.45) is 10.9 Å². The molecule has 0 aromatic carbocycles. The van der Waals surface area contributed by atoms with Crippen LogP contribution in [-0.2, 0) is 9.59 Å². The number of primary amides is 1. The number of nitrogens with one attached hydrogen (secondary N) is 2. The average Bonchev–Trinajstić information content (AvgIpc) is 3.11. The van der Waals surface area contributed by atoms with Crippen LogP contribution in [0.1, 0.15) is 12.1 Å². The second kappa shape index (κ2) is 10.6. The summed E-state index contributed by atoms with van der Waals surface area (Å²) in [5.74, 6) is -0.958. The number of oxime groups is 1. The summed E-state index contributed by atoms with van der Waals surface area (Å²) < 4.78 is 0. The number of thioether (sulfide) groups is 1.